The molecule has 1 atom stereocenters. The molecule has 1 aromatic heterocycles. The molecule has 5 heteroatoms. The van der Waals surface area contributed by atoms with E-state index in [4.69, 9.17) is 4.74 Å². The lowest BCUT2D eigenvalue weighted by atomic mass is 10.1. The predicted octanol–water partition coefficient (Wildman–Crippen LogP) is 3.41. The van der Waals surface area contributed by atoms with Crippen molar-refractivity contribution >= 4 is 22.6 Å². The van der Waals surface area contributed by atoms with Crippen LogP contribution in [0.3, 0.4) is 0 Å². The van der Waals surface area contributed by atoms with Gasteiger partial charge in [-0.15, -0.1) is 10.2 Å². The van der Waals surface area contributed by atoms with Crippen molar-refractivity contribution in [3.8, 4) is 0 Å². The summed E-state index contributed by atoms with van der Waals surface area (Å²) in [5, 5.41) is 12.4. The number of ether oxygens (including phenoxy) is 1. The molecule has 0 radical (unpaired) electrons. The van der Waals surface area contributed by atoms with Crippen LogP contribution in [0.25, 0.3) is 10.9 Å². The molecule has 0 aliphatic heterocycles. The van der Waals surface area contributed by atoms with Gasteiger partial charge in [-0.25, -0.2) is 4.79 Å². The van der Waals surface area contributed by atoms with Gasteiger partial charge >= 0.3 is 5.97 Å². The molecule has 1 N–H and O–H groups in total. The largest absolute Gasteiger partial charge is 0.461 e. The topological polar surface area (TPSA) is 64.1 Å². The molecule has 0 saturated heterocycles. The zero-order valence-electron chi connectivity index (χ0n) is 12.7. The number of nitrogens with one attached hydrogen (secondary N) is 1. The lowest BCUT2D eigenvalue weighted by molar-refractivity contribution is 0.0519. The fourth-order valence-corrected chi connectivity index (χ4v) is 2.29. The normalized spacial score (nSPS) is 12.1. The lowest BCUT2D eigenvalue weighted by Gasteiger charge is -2.17. The van der Waals surface area contributed by atoms with Crippen LogP contribution in [0.1, 0.15) is 44.1 Å². The second-order valence-electron chi connectivity index (χ2n) is 5.00. The van der Waals surface area contributed by atoms with E-state index in [1.54, 1.807) is 6.92 Å². The molecule has 0 spiro atoms. The number of rotatable bonds is 6. The number of hydrogen-bond donors (Lipinski definition) is 1. The van der Waals surface area contributed by atoms with Crippen LogP contribution < -0.4 is 5.32 Å². The summed E-state index contributed by atoms with van der Waals surface area (Å²) in [5.41, 5.74) is 1.72. The molecule has 1 heterocycles. The Bertz CT molecular complexity index is 628. The second kappa shape index (κ2) is 7.02. The van der Waals surface area contributed by atoms with E-state index < -0.39 is 5.97 Å². The molecule has 1 unspecified atom stereocenters. The SMILES string of the molecule is CCCC(C)Nc1c(C(=O)OCC)nnc2ccccc12. The summed E-state index contributed by atoms with van der Waals surface area (Å²) >= 11 is 0. The van der Waals surface area contributed by atoms with Gasteiger partial charge in [0.05, 0.1) is 17.8 Å². The third kappa shape index (κ3) is 3.48. The minimum absolute atomic E-state index is 0.246. The van der Waals surface area contributed by atoms with Gasteiger partial charge in [-0.3, -0.25) is 0 Å². The van der Waals surface area contributed by atoms with Crippen LogP contribution in [0, 0.1) is 0 Å². The number of fused-ring (bicyclic) bond motifs is 1. The van der Waals surface area contributed by atoms with Gasteiger partial charge in [-0.1, -0.05) is 31.5 Å². The van der Waals surface area contributed by atoms with E-state index >= 15 is 0 Å². The minimum atomic E-state index is -0.443. The van der Waals surface area contributed by atoms with Gasteiger partial charge in [0, 0.05) is 11.4 Å². The van der Waals surface area contributed by atoms with Crippen molar-refractivity contribution < 1.29 is 9.53 Å². The Balaban J connectivity index is 2.49. The van der Waals surface area contributed by atoms with Crippen LogP contribution in [0.5, 0.6) is 0 Å². The van der Waals surface area contributed by atoms with Crippen LogP contribution in [0.2, 0.25) is 0 Å². The van der Waals surface area contributed by atoms with Gasteiger partial charge in [-0.2, -0.15) is 0 Å². The van der Waals surface area contributed by atoms with Crippen molar-refractivity contribution in [2.24, 2.45) is 0 Å². The van der Waals surface area contributed by atoms with Gasteiger partial charge in [-0.05, 0) is 26.3 Å². The number of carbonyl (C=O) groups excluding carboxylic acids is 1. The van der Waals surface area contributed by atoms with E-state index in [9.17, 15) is 4.79 Å². The van der Waals surface area contributed by atoms with E-state index in [1.807, 2.05) is 24.3 Å². The number of benzene rings is 1. The lowest BCUT2D eigenvalue weighted by Crippen LogP contribution is -2.19. The molecule has 5 nitrogen and oxygen atoms in total. The van der Waals surface area contributed by atoms with Gasteiger partial charge in [0.15, 0.2) is 5.69 Å². The zero-order valence-corrected chi connectivity index (χ0v) is 12.7. The number of aromatic nitrogens is 2. The maximum atomic E-state index is 12.1. The number of carbonyl (C=O) groups is 1. The first-order valence-electron chi connectivity index (χ1n) is 7.36. The maximum Gasteiger partial charge on any atom is 0.361 e. The van der Waals surface area contributed by atoms with Crippen molar-refractivity contribution in [3.63, 3.8) is 0 Å². The minimum Gasteiger partial charge on any atom is -0.461 e. The van der Waals surface area contributed by atoms with Crippen LogP contribution >= 0.6 is 0 Å². The highest BCUT2D eigenvalue weighted by Gasteiger charge is 2.19. The molecule has 2 aromatic rings. The Hall–Kier alpha value is -2.17. The van der Waals surface area contributed by atoms with Crippen LogP contribution in [0.4, 0.5) is 5.69 Å². The van der Waals surface area contributed by atoms with Crippen LogP contribution in [0.15, 0.2) is 24.3 Å². The average molecular weight is 287 g/mol. The summed E-state index contributed by atoms with van der Waals surface area (Å²) in [6.45, 7) is 6.32. The number of nitrogens with zero attached hydrogens (tertiary/aromatic N) is 2. The van der Waals surface area contributed by atoms with Crippen molar-refractivity contribution in [2.45, 2.75) is 39.7 Å². The second-order valence-corrected chi connectivity index (χ2v) is 5.00. The average Bonchev–Trinajstić information content (AvgIpc) is 2.48. The summed E-state index contributed by atoms with van der Waals surface area (Å²) in [5.74, 6) is -0.443. The van der Waals surface area contributed by atoms with Gasteiger partial charge in [0.1, 0.15) is 0 Å². The molecule has 0 aliphatic rings. The zero-order chi connectivity index (χ0) is 15.2. The standard InChI is InChI=1S/C16H21N3O2/c1-4-8-11(3)17-14-12-9-6-7-10-13(12)18-19-15(14)16(20)21-5-2/h6-7,9-11H,4-5,8H2,1-3H3,(H,17,18). The fourth-order valence-electron chi connectivity index (χ4n) is 2.29. The summed E-state index contributed by atoms with van der Waals surface area (Å²) < 4.78 is 5.08. The molecule has 1 aromatic carbocycles. The first kappa shape index (κ1) is 15.2. The van der Waals surface area contributed by atoms with Gasteiger partial charge in [0.2, 0.25) is 0 Å². The Morgan fingerprint density at radius 2 is 2.05 bits per heavy atom. The van der Waals surface area contributed by atoms with Crippen molar-refractivity contribution in [3.05, 3.63) is 30.0 Å². The third-order valence-corrected chi connectivity index (χ3v) is 3.25. The van der Waals surface area contributed by atoms with E-state index in [1.165, 1.54) is 0 Å². The smallest absolute Gasteiger partial charge is 0.361 e. The Morgan fingerprint density at radius 1 is 1.29 bits per heavy atom. The Kier molecular flexibility index (Phi) is 5.09. The number of esters is 1. The van der Waals surface area contributed by atoms with Gasteiger partial charge in [0.25, 0.3) is 0 Å². The highest BCUT2D eigenvalue weighted by molar-refractivity contribution is 6.03. The number of anilines is 1. The van der Waals surface area contributed by atoms with Crippen molar-refractivity contribution in [2.75, 3.05) is 11.9 Å². The third-order valence-electron chi connectivity index (χ3n) is 3.25. The molecule has 0 bridgehead atoms. The molecule has 21 heavy (non-hydrogen) atoms. The first-order chi connectivity index (χ1) is 10.2. The van der Waals surface area contributed by atoms with E-state index in [0.717, 1.165) is 23.7 Å². The van der Waals surface area contributed by atoms with Crippen LogP contribution in [-0.4, -0.2) is 28.8 Å². The molecule has 2 rings (SSSR count). The molecule has 112 valence electrons. The Morgan fingerprint density at radius 3 is 2.76 bits per heavy atom. The molecule has 0 fully saturated rings. The Labute approximate surface area is 124 Å². The first-order valence-corrected chi connectivity index (χ1v) is 7.36. The fraction of sp³-hybridized carbons (Fsp3) is 0.438. The van der Waals surface area contributed by atoms with Gasteiger partial charge < -0.3 is 10.1 Å². The summed E-state index contributed by atoms with van der Waals surface area (Å²) in [6.07, 6.45) is 2.08. The maximum absolute atomic E-state index is 12.1. The summed E-state index contributed by atoms with van der Waals surface area (Å²) in [7, 11) is 0. The molecular formula is C16H21N3O2. The summed E-state index contributed by atoms with van der Waals surface area (Å²) in [6, 6.07) is 7.89. The van der Waals surface area contributed by atoms with E-state index in [-0.39, 0.29) is 11.7 Å². The van der Waals surface area contributed by atoms with E-state index in [0.29, 0.717) is 12.3 Å². The molecule has 0 saturated carbocycles. The summed E-state index contributed by atoms with van der Waals surface area (Å²) in [4.78, 5) is 12.1. The highest BCUT2D eigenvalue weighted by atomic mass is 16.5. The molecule has 0 amide bonds. The molecule has 0 aliphatic carbocycles. The quantitative estimate of drug-likeness (QED) is 0.825. The van der Waals surface area contributed by atoms with Crippen LogP contribution in [-0.2, 0) is 4.74 Å². The van der Waals surface area contributed by atoms with Crippen molar-refractivity contribution in [1.29, 1.82) is 0 Å². The highest BCUT2D eigenvalue weighted by Crippen LogP contribution is 2.26. The number of hydrogen-bond acceptors (Lipinski definition) is 5. The van der Waals surface area contributed by atoms with E-state index in [2.05, 4.69) is 29.4 Å². The molecular weight excluding hydrogens is 266 g/mol. The monoisotopic (exact) mass is 287 g/mol. The van der Waals surface area contributed by atoms with Crippen molar-refractivity contribution in [1.82, 2.24) is 10.2 Å². The predicted molar refractivity (Wildman–Crippen MR) is 83.5 cm³/mol.